The van der Waals surface area contributed by atoms with Crippen molar-refractivity contribution in [2.24, 2.45) is 0 Å². The Morgan fingerprint density at radius 3 is 2.80 bits per heavy atom. The molecule has 0 saturated carbocycles. The Balaban J connectivity index is 2.74. The fourth-order valence-electron chi connectivity index (χ4n) is 1.02. The van der Waals surface area contributed by atoms with E-state index in [0.29, 0.717) is 16.5 Å². The van der Waals surface area contributed by atoms with Crippen LogP contribution in [0, 0.1) is 0 Å². The highest BCUT2D eigenvalue weighted by atomic mass is 35.5. The molecule has 1 aromatic carbocycles. The van der Waals surface area contributed by atoms with Crippen LogP contribution in [-0.4, -0.2) is 36.6 Å². The first kappa shape index (κ1) is 12.1. The van der Waals surface area contributed by atoms with Crippen molar-refractivity contribution in [3.63, 3.8) is 0 Å². The first-order chi connectivity index (χ1) is 7.19. The minimum Gasteiger partial charge on any atom is -0.493 e. The second-order valence-corrected chi connectivity index (χ2v) is 3.33. The monoisotopic (exact) mass is 232 g/mol. The van der Waals surface area contributed by atoms with Gasteiger partial charge in [0.15, 0.2) is 11.5 Å². The molecule has 1 rings (SSSR count). The summed E-state index contributed by atoms with van der Waals surface area (Å²) in [5, 5.41) is 18.1. The Kier molecular flexibility index (Phi) is 4.68. The number of para-hydroxylation sites is 1. The Labute approximate surface area is 93.0 Å². The van der Waals surface area contributed by atoms with Crippen molar-refractivity contribution in [1.82, 2.24) is 0 Å². The minimum absolute atomic E-state index is 0.0312. The van der Waals surface area contributed by atoms with E-state index >= 15 is 0 Å². The lowest BCUT2D eigenvalue weighted by Gasteiger charge is -2.13. The predicted octanol–water partition coefficient (Wildman–Crippen LogP) is 1.08. The molecule has 15 heavy (non-hydrogen) atoms. The Hall–Kier alpha value is -0.970. The van der Waals surface area contributed by atoms with Crippen LogP contribution in [0.4, 0.5) is 0 Å². The molecular formula is C10H13ClO4. The molecule has 1 atom stereocenters. The summed E-state index contributed by atoms with van der Waals surface area (Å²) in [4.78, 5) is 0. The third-order valence-electron chi connectivity index (χ3n) is 1.78. The maximum atomic E-state index is 9.11. The van der Waals surface area contributed by atoms with Crippen LogP contribution in [-0.2, 0) is 0 Å². The van der Waals surface area contributed by atoms with Crippen LogP contribution in [0.5, 0.6) is 11.5 Å². The summed E-state index contributed by atoms with van der Waals surface area (Å²) >= 11 is 5.89. The van der Waals surface area contributed by atoms with E-state index in [9.17, 15) is 0 Å². The first-order valence-electron chi connectivity index (χ1n) is 4.43. The largest absolute Gasteiger partial charge is 0.493 e. The third kappa shape index (κ3) is 3.27. The molecule has 0 amide bonds. The van der Waals surface area contributed by atoms with E-state index in [1.807, 2.05) is 0 Å². The summed E-state index contributed by atoms with van der Waals surface area (Å²) in [5.74, 6) is 0.863. The van der Waals surface area contributed by atoms with Crippen molar-refractivity contribution in [3.05, 3.63) is 23.2 Å². The molecule has 0 aliphatic rings. The molecule has 0 spiro atoms. The number of benzene rings is 1. The highest BCUT2D eigenvalue weighted by Crippen LogP contribution is 2.34. The SMILES string of the molecule is COc1cccc(Cl)c1OC[C@@H](O)CO. The van der Waals surface area contributed by atoms with Gasteiger partial charge in [-0.15, -0.1) is 0 Å². The molecule has 1 aromatic rings. The lowest BCUT2D eigenvalue weighted by atomic mass is 10.3. The third-order valence-corrected chi connectivity index (χ3v) is 2.08. The lowest BCUT2D eigenvalue weighted by molar-refractivity contribution is 0.0527. The van der Waals surface area contributed by atoms with Gasteiger partial charge in [-0.2, -0.15) is 0 Å². The molecule has 0 aliphatic carbocycles. The van der Waals surface area contributed by atoms with Crippen LogP contribution in [0.15, 0.2) is 18.2 Å². The molecule has 0 heterocycles. The van der Waals surface area contributed by atoms with Crippen LogP contribution in [0.2, 0.25) is 5.02 Å². The molecule has 84 valence electrons. The maximum absolute atomic E-state index is 9.11. The first-order valence-corrected chi connectivity index (χ1v) is 4.81. The van der Waals surface area contributed by atoms with Crippen molar-refractivity contribution in [2.75, 3.05) is 20.3 Å². The van der Waals surface area contributed by atoms with Crippen LogP contribution in [0.25, 0.3) is 0 Å². The number of rotatable bonds is 5. The molecule has 2 N–H and O–H groups in total. The summed E-state index contributed by atoms with van der Waals surface area (Å²) in [6.45, 7) is -0.386. The van der Waals surface area contributed by atoms with Gasteiger partial charge in [-0.1, -0.05) is 17.7 Å². The zero-order valence-corrected chi connectivity index (χ0v) is 9.07. The number of ether oxygens (including phenoxy) is 2. The molecule has 0 bridgehead atoms. The molecule has 5 heteroatoms. The summed E-state index contributed by atoms with van der Waals surface area (Å²) in [5.41, 5.74) is 0. The summed E-state index contributed by atoms with van der Waals surface area (Å²) < 4.78 is 10.3. The van der Waals surface area contributed by atoms with Crippen molar-refractivity contribution in [3.8, 4) is 11.5 Å². The highest BCUT2D eigenvalue weighted by molar-refractivity contribution is 6.32. The number of hydrogen-bond donors (Lipinski definition) is 2. The van der Waals surface area contributed by atoms with E-state index in [1.165, 1.54) is 7.11 Å². The topological polar surface area (TPSA) is 58.9 Å². The fourth-order valence-corrected chi connectivity index (χ4v) is 1.24. The summed E-state index contributed by atoms with van der Waals surface area (Å²) in [6, 6.07) is 5.09. The van der Waals surface area contributed by atoms with Gasteiger partial charge >= 0.3 is 0 Å². The fraction of sp³-hybridized carbons (Fsp3) is 0.400. The van der Waals surface area contributed by atoms with Crippen LogP contribution in [0.1, 0.15) is 0 Å². The van der Waals surface area contributed by atoms with Crippen molar-refractivity contribution in [2.45, 2.75) is 6.10 Å². The van der Waals surface area contributed by atoms with Gasteiger partial charge in [0.25, 0.3) is 0 Å². The van der Waals surface area contributed by atoms with E-state index in [0.717, 1.165) is 0 Å². The standard InChI is InChI=1S/C10H13ClO4/c1-14-9-4-2-3-8(11)10(9)15-6-7(13)5-12/h2-4,7,12-13H,5-6H2,1H3/t7-/m0/s1. The molecule has 0 aliphatic heterocycles. The second-order valence-electron chi connectivity index (χ2n) is 2.92. The minimum atomic E-state index is -0.925. The quantitative estimate of drug-likeness (QED) is 0.798. The van der Waals surface area contributed by atoms with E-state index in [4.69, 9.17) is 31.3 Å². The Bertz CT molecular complexity index is 316. The average molecular weight is 233 g/mol. The number of aliphatic hydroxyl groups is 2. The second kappa shape index (κ2) is 5.80. The molecule has 0 unspecified atom stereocenters. The Morgan fingerprint density at radius 2 is 2.20 bits per heavy atom. The number of hydrogen-bond acceptors (Lipinski definition) is 4. The highest BCUT2D eigenvalue weighted by Gasteiger charge is 2.11. The number of aliphatic hydroxyl groups excluding tert-OH is 2. The molecule has 0 fully saturated rings. The van der Waals surface area contributed by atoms with Gasteiger partial charge in [-0.25, -0.2) is 0 Å². The number of methoxy groups -OCH3 is 1. The van der Waals surface area contributed by atoms with E-state index < -0.39 is 6.10 Å². The number of halogens is 1. The van der Waals surface area contributed by atoms with Gasteiger partial charge in [0.1, 0.15) is 12.7 Å². The van der Waals surface area contributed by atoms with E-state index in [-0.39, 0.29) is 13.2 Å². The smallest absolute Gasteiger partial charge is 0.179 e. The maximum Gasteiger partial charge on any atom is 0.179 e. The van der Waals surface area contributed by atoms with E-state index in [2.05, 4.69) is 0 Å². The van der Waals surface area contributed by atoms with Crippen molar-refractivity contribution in [1.29, 1.82) is 0 Å². The van der Waals surface area contributed by atoms with Gasteiger partial charge in [0.05, 0.1) is 18.7 Å². The van der Waals surface area contributed by atoms with Gasteiger partial charge in [-0.05, 0) is 12.1 Å². The van der Waals surface area contributed by atoms with E-state index in [1.54, 1.807) is 18.2 Å². The zero-order chi connectivity index (χ0) is 11.3. The predicted molar refractivity (Wildman–Crippen MR) is 56.6 cm³/mol. The van der Waals surface area contributed by atoms with Crippen LogP contribution >= 0.6 is 11.6 Å². The van der Waals surface area contributed by atoms with Gasteiger partial charge < -0.3 is 19.7 Å². The molecule has 0 radical (unpaired) electrons. The lowest BCUT2D eigenvalue weighted by Crippen LogP contribution is -2.21. The van der Waals surface area contributed by atoms with Gasteiger partial charge in [0, 0.05) is 0 Å². The van der Waals surface area contributed by atoms with Crippen LogP contribution in [0.3, 0.4) is 0 Å². The zero-order valence-electron chi connectivity index (χ0n) is 8.31. The van der Waals surface area contributed by atoms with Gasteiger partial charge in [0.2, 0.25) is 0 Å². The average Bonchev–Trinajstić information content (AvgIpc) is 2.26. The molecule has 0 saturated heterocycles. The van der Waals surface area contributed by atoms with Crippen LogP contribution < -0.4 is 9.47 Å². The molecular weight excluding hydrogens is 220 g/mol. The normalized spacial score (nSPS) is 12.3. The van der Waals surface area contributed by atoms with Crippen molar-refractivity contribution >= 4 is 11.6 Å². The van der Waals surface area contributed by atoms with Gasteiger partial charge in [-0.3, -0.25) is 0 Å². The summed E-state index contributed by atoms with van der Waals surface area (Å²) in [7, 11) is 1.50. The molecule has 4 nitrogen and oxygen atoms in total. The molecule has 0 aromatic heterocycles. The Morgan fingerprint density at radius 1 is 1.47 bits per heavy atom. The summed E-state index contributed by atoms with van der Waals surface area (Å²) in [6.07, 6.45) is -0.925. The van der Waals surface area contributed by atoms with Crippen molar-refractivity contribution < 1.29 is 19.7 Å².